The Morgan fingerprint density at radius 2 is 0.597 bits per heavy atom. The minimum Gasteiger partial charge on any atom is -0.438 e. The Kier molecular flexibility index (Phi) is 8.38. The second kappa shape index (κ2) is 14.7. The molecule has 6 heteroatoms. The summed E-state index contributed by atoms with van der Waals surface area (Å²) in [4.78, 5) is 20.5. The van der Waals surface area contributed by atoms with Gasteiger partial charge in [-0.05, 0) is 57.6 Å². The largest absolute Gasteiger partial charge is 0.438 e. The lowest BCUT2D eigenvalue weighted by Crippen LogP contribution is -1.95. The molecule has 62 heavy (non-hydrogen) atoms. The molecular formula is C56H34N4O2. The van der Waals surface area contributed by atoms with Crippen LogP contribution in [0.4, 0.5) is 0 Å². The maximum atomic E-state index is 6.37. The molecule has 0 unspecified atom stereocenters. The van der Waals surface area contributed by atoms with Crippen LogP contribution in [0.3, 0.4) is 0 Å². The fourth-order valence-corrected chi connectivity index (χ4v) is 8.50. The quantitative estimate of drug-likeness (QED) is 0.160. The van der Waals surface area contributed by atoms with E-state index in [9.17, 15) is 0 Å². The molecule has 0 saturated carbocycles. The summed E-state index contributed by atoms with van der Waals surface area (Å²) in [7, 11) is 0. The third kappa shape index (κ3) is 6.21. The summed E-state index contributed by atoms with van der Waals surface area (Å²) in [5.41, 5.74) is 14.8. The fourth-order valence-electron chi connectivity index (χ4n) is 8.50. The molecule has 0 fully saturated rings. The van der Waals surface area contributed by atoms with Crippen LogP contribution in [0, 0.1) is 0 Å². The van der Waals surface area contributed by atoms with E-state index < -0.39 is 0 Å². The summed E-state index contributed by atoms with van der Waals surface area (Å²) in [5, 5.41) is 3.76. The maximum absolute atomic E-state index is 6.37. The Hall–Kier alpha value is -8.48. The van der Waals surface area contributed by atoms with Gasteiger partial charge in [-0.2, -0.15) is 9.97 Å². The molecule has 0 N–H and O–H groups in total. The lowest BCUT2D eigenvalue weighted by molar-refractivity contribution is 0.653. The lowest BCUT2D eigenvalue weighted by Gasteiger charge is -2.10. The van der Waals surface area contributed by atoms with Gasteiger partial charge >= 0.3 is 0 Å². The Labute approximate surface area is 356 Å². The van der Waals surface area contributed by atoms with Crippen molar-refractivity contribution in [2.75, 3.05) is 0 Å². The minimum atomic E-state index is 0.562. The summed E-state index contributed by atoms with van der Waals surface area (Å²) in [6, 6.07) is 70.7. The summed E-state index contributed by atoms with van der Waals surface area (Å²) >= 11 is 0. The molecule has 12 aromatic rings. The summed E-state index contributed by atoms with van der Waals surface area (Å²) in [5.74, 6) is 1.22. The van der Waals surface area contributed by atoms with Crippen molar-refractivity contribution in [3.8, 4) is 78.7 Å². The normalized spacial score (nSPS) is 11.5. The topological polar surface area (TPSA) is 77.8 Å². The third-order valence-electron chi connectivity index (χ3n) is 11.6. The summed E-state index contributed by atoms with van der Waals surface area (Å²) < 4.78 is 12.7. The van der Waals surface area contributed by atoms with E-state index in [2.05, 4.69) is 158 Å². The van der Waals surface area contributed by atoms with E-state index in [1.807, 2.05) is 48.5 Å². The zero-order chi connectivity index (χ0) is 41.0. The molecule has 0 spiro atoms. The van der Waals surface area contributed by atoms with Crippen LogP contribution >= 0.6 is 0 Å². The van der Waals surface area contributed by atoms with Crippen LogP contribution in [0.2, 0.25) is 0 Å². The van der Waals surface area contributed by atoms with E-state index in [0.29, 0.717) is 23.1 Å². The highest BCUT2D eigenvalue weighted by Crippen LogP contribution is 2.40. The molecule has 12 rings (SSSR count). The first-order valence-electron chi connectivity index (χ1n) is 20.6. The van der Waals surface area contributed by atoms with Crippen molar-refractivity contribution in [2.45, 2.75) is 0 Å². The standard InChI is InChI=1S/C56H34N4O2/c1-3-13-35(14-4-1)41-17-11-19-43(33-41)53-57-51(49-45-21-7-9-23-47(45)61-55(49)59-53)39-29-25-37(26-30-39)38-27-31-40(32-28-38)52-50-46-22-8-10-24-48(46)62-56(50)60-54(58-52)44-20-12-18-42(34-44)36-15-5-2-6-16-36/h1-34H. The van der Waals surface area contributed by atoms with Gasteiger partial charge in [-0.1, -0.05) is 182 Å². The first-order valence-corrected chi connectivity index (χ1v) is 20.6. The highest BCUT2D eigenvalue weighted by atomic mass is 16.3. The van der Waals surface area contributed by atoms with E-state index in [1.54, 1.807) is 0 Å². The lowest BCUT2D eigenvalue weighted by atomic mass is 9.98. The van der Waals surface area contributed by atoms with Gasteiger partial charge < -0.3 is 8.83 Å². The number of nitrogens with zero attached hydrogens (tertiary/aromatic N) is 4. The molecule has 8 aromatic carbocycles. The number of aromatic nitrogens is 4. The number of hydrogen-bond acceptors (Lipinski definition) is 6. The Bertz CT molecular complexity index is 3370. The smallest absolute Gasteiger partial charge is 0.231 e. The van der Waals surface area contributed by atoms with Gasteiger partial charge in [0.15, 0.2) is 11.6 Å². The van der Waals surface area contributed by atoms with E-state index in [4.69, 9.17) is 28.8 Å². The predicted octanol–water partition coefficient (Wildman–Crippen LogP) is 14.7. The number of rotatable bonds is 7. The average molecular weight is 795 g/mol. The van der Waals surface area contributed by atoms with Crippen molar-refractivity contribution < 1.29 is 8.83 Å². The maximum Gasteiger partial charge on any atom is 0.231 e. The molecule has 0 bridgehead atoms. The van der Waals surface area contributed by atoms with Crippen molar-refractivity contribution in [2.24, 2.45) is 0 Å². The van der Waals surface area contributed by atoms with Gasteiger partial charge in [-0.25, -0.2) is 9.97 Å². The van der Waals surface area contributed by atoms with Gasteiger partial charge in [0.25, 0.3) is 0 Å². The second-order valence-electron chi connectivity index (χ2n) is 15.4. The third-order valence-corrected chi connectivity index (χ3v) is 11.6. The molecule has 4 aromatic heterocycles. The van der Waals surface area contributed by atoms with Gasteiger partial charge in [0.05, 0.1) is 22.2 Å². The number of furan rings is 2. The van der Waals surface area contributed by atoms with E-state index in [0.717, 1.165) is 99.7 Å². The van der Waals surface area contributed by atoms with Crippen LogP contribution in [-0.4, -0.2) is 19.9 Å². The van der Waals surface area contributed by atoms with Crippen molar-refractivity contribution in [3.63, 3.8) is 0 Å². The first kappa shape index (κ1) is 35.5. The molecule has 0 aliphatic carbocycles. The van der Waals surface area contributed by atoms with Crippen LogP contribution < -0.4 is 0 Å². The number of hydrogen-bond donors (Lipinski definition) is 0. The van der Waals surface area contributed by atoms with Crippen molar-refractivity contribution in [1.82, 2.24) is 19.9 Å². The Balaban J connectivity index is 0.921. The molecule has 4 heterocycles. The zero-order valence-electron chi connectivity index (χ0n) is 33.2. The molecule has 290 valence electrons. The van der Waals surface area contributed by atoms with Gasteiger partial charge in [0, 0.05) is 33.0 Å². The fraction of sp³-hybridized carbons (Fsp3) is 0. The molecule has 0 aliphatic heterocycles. The van der Waals surface area contributed by atoms with Gasteiger partial charge in [-0.15, -0.1) is 0 Å². The Morgan fingerprint density at radius 3 is 1.03 bits per heavy atom. The molecule has 0 saturated heterocycles. The van der Waals surface area contributed by atoms with E-state index in [1.165, 1.54) is 0 Å². The number of fused-ring (bicyclic) bond motifs is 6. The molecule has 0 aliphatic rings. The highest BCUT2D eigenvalue weighted by Gasteiger charge is 2.20. The predicted molar refractivity (Wildman–Crippen MR) is 250 cm³/mol. The van der Waals surface area contributed by atoms with Crippen LogP contribution in [0.15, 0.2) is 215 Å². The van der Waals surface area contributed by atoms with Gasteiger partial charge in [0.2, 0.25) is 11.4 Å². The van der Waals surface area contributed by atoms with Crippen LogP contribution in [0.5, 0.6) is 0 Å². The highest BCUT2D eigenvalue weighted by molar-refractivity contribution is 6.12. The molecular weight excluding hydrogens is 761 g/mol. The van der Waals surface area contributed by atoms with Crippen LogP contribution in [0.1, 0.15) is 0 Å². The SMILES string of the molecule is c1ccc(-c2cccc(-c3nc(-c4ccc(-c5ccc(-c6nc(-c7cccc(-c8ccccc8)c7)nc7oc8ccccc8c67)cc5)cc4)c4c(n3)oc3ccccc34)c2)cc1. The average Bonchev–Trinajstić information content (AvgIpc) is 3.93. The first-order chi connectivity index (χ1) is 30.7. The molecule has 6 nitrogen and oxygen atoms in total. The Morgan fingerprint density at radius 1 is 0.258 bits per heavy atom. The monoisotopic (exact) mass is 794 g/mol. The van der Waals surface area contributed by atoms with Crippen molar-refractivity contribution in [1.29, 1.82) is 0 Å². The molecule has 0 atom stereocenters. The molecule has 0 radical (unpaired) electrons. The summed E-state index contributed by atoms with van der Waals surface area (Å²) in [6.07, 6.45) is 0. The number of para-hydroxylation sites is 2. The van der Waals surface area contributed by atoms with Crippen LogP contribution in [0.25, 0.3) is 123 Å². The van der Waals surface area contributed by atoms with Crippen LogP contribution in [-0.2, 0) is 0 Å². The minimum absolute atomic E-state index is 0.562. The zero-order valence-corrected chi connectivity index (χ0v) is 33.2. The van der Waals surface area contributed by atoms with Gasteiger partial charge in [-0.3, -0.25) is 0 Å². The van der Waals surface area contributed by atoms with Gasteiger partial charge in [0.1, 0.15) is 11.2 Å². The van der Waals surface area contributed by atoms with Crippen molar-refractivity contribution in [3.05, 3.63) is 206 Å². The molecule has 0 amide bonds. The van der Waals surface area contributed by atoms with E-state index >= 15 is 0 Å². The second-order valence-corrected chi connectivity index (χ2v) is 15.4. The summed E-state index contributed by atoms with van der Waals surface area (Å²) in [6.45, 7) is 0. The van der Waals surface area contributed by atoms with Crippen molar-refractivity contribution >= 4 is 44.1 Å². The number of benzene rings is 8. The van der Waals surface area contributed by atoms with E-state index in [-0.39, 0.29) is 0 Å².